The number of thiophene rings is 1. The minimum absolute atomic E-state index is 1.10. The predicted molar refractivity (Wildman–Crippen MR) is 245 cm³/mol. The maximum Gasteiger partial charge on any atom is 0.0541 e. The zero-order valence-electron chi connectivity index (χ0n) is 31.1. The van der Waals surface area contributed by atoms with Gasteiger partial charge in [-0.15, -0.1) is 11.3 Å². The Bertz CT molecular complexity index is 3160. The monoisotopic (exact) mass is 744 g/mol. The van der Waals surface area contributed by atoms with E-state index in [0.29, 0.717) is 0 Å². The van der Waals surface area contributed by atoms with Gasteiger partial charge in [-0.3, -0.25) is 0 Å². The van der Waals surface area contributed by atoms with Crippen LogP contribution in [0.2, 0.25) is 0 Å². The summed E-state index contributed by atoms with van der Waals surface area (Å²) in [5, 5.41) is 5.18. The summed E-state index contributed by atoms with van der Waals surface area (Å²) < 4.78 is 5.02. The average Bonchev–Trinajstić information content (AvgIpc) is 3.84. The second kappa shape index (κ2) is 13.8. The summed E-state index contributed by atoms with van der Waals surface area (Å²) >= 11 is 1.86. The fourth-order valence-electron chi connectivity index (χ4n) is 8.51. The summed E-state index contributed by atoms with van der Waals surface area (Å²) in [6.45, 7) is 0. The Kier molecular flexibility index (Phi) is 8.04. The number of hydrogen-bond donors (Lipinski definition) is 0. The lowest BCUT2D eigenvalue weighted by molar-refractivity contribution is 1.18. The number of para-hydroxylation sites is 2. The molecule has 3 heteroatoms. The van der Waals surface area contributed by atoms with Gasteiger partial charge < -0.3 is 9.47 Å². The van der Waals surface area contributed by atoms with Crippen molar-refractivity contribution in [3.63, 3.8) is 0 Å². The SMILES string of the molecule is c1ccc(-c2ccc(N(c3ccc(-c4cccc(-n5c6ccccc6c6ccccc65)c4)cc3)c3ccc(-c4cccc5sc6ccccc6c45)cc3)cc2)cc1. The highest BCUT2D eigenvalue weighted by Gasteiger charge is 2.17. The molecule has 9 aromatic carbocycles. The van der Waals surface area contributed by atoms with Crippen molar-refractivity contribution >= 4 is 70.4 Å². The molecule has 0 aliphatic carbocycles. The first-order valence-electron chi connectivity index (χ1n) is 19.4. The van der Waals surface area contributed by atoms with Crippen LogP contribution in [0.25, 0.3) is 81.0 Å². The van der Waals surface area contributed by atoms with Gasteiger partial charge in [0.25, 0.3) is 0 Å². The van der Waals surface area contributed by atoms with Crippen molar-refractivity contribution in [2.45, 2.75) is 0 Å². The van der Waals surface area contributed by atoms with Crippen molar-refractivity contribution in [3.05, 3.63) is 218 Å². The molecule has 0 spiro atoms. The number of aromatic nitrogens is 1. The lowest BCUT2D eigenvalue weighted by atomic mass is 9.99. The lowest BCUT2D eigenvalue weighted by Crippen LogP contribution is -2.09. The fourth-order valence-corrected chi connectivity index (χ4v) is 9.65. The third-order valence-electron chi connectivity index (χ3n) is 11.2. The van der Waals surface area contributed by atoms with Gasteiger partial charge >= 0.3 is 0 Å². The third-order valence-corrected chi connectivity index (χ3v) is 12.4. The van der Waals surface area contributed by atoms with Gasteiger partial charge in [-0.25, -0.2) is 0 Å². The van der Waals surface area contributed by atoms with Gasteiger partial charge in [-0.05, 0) is 106 Å². The molecule has 0 atom stereocenters. The molecule has 0 aliphatic heterocycles. The van der Waals surface area contributed by atoms with Crippen molar-refractivity contribution in [3.8, 4) is 39.1 Å². The van der Waals surface area contributed by atoms with Gasteiger partial charge in [-0.2, -0.15) is 0 Å². The first kappa shape index (κ1) is 33.2. The Morgan fingerprint density at radius 3 is 1.46 bits per heavy atom. The number of anilines is 3. The Hall–Kier alpha value is -7.20. The molecule has 0 radical (unpaired) electrons. The van der Waals surface area contributed by atoms with E-state index >= 15 is 0 Å². The fraction of sp³-hybridized carbons (Fsp3) is 0. The van der Waals surface area contributed by atoms with E-state index in [1.54, 1.807) is 0 Å². The quantitative estimate of drug-likeness (QED) is 0.158. The van der Waals surface area contributed by atoms with Gasteiger partial charge in [0.1, 0.15) is 0 Å². The lowest BCUT2D eigenvalue weighted by Gasteiger charge is -2.26. The molecule has 2 nitrogen and oxygen atoms in total. The van der Waals surface area contributed by atoms with E-state index in [-0.39, 0.29) is 0 Å². The number of benzene rings is 9. The van der Waals surface area contributed by atoms with Crippen LogP contribution in [0.15, 0.2) is 218 Å². The molecule has 268 valence electrons. The van der Waals surface area contributed by atoms with E-state index in [9.17, 15) is 0 Å². The molecule has 0 saturated heterocycles. The molecular formula is C54H36N2S. The maximum atomic E-state index is 2.38. The molecule has 2 aromatic heterocycles. The van der Waals surface area contributed by atoms with Gasteiger partial charge in [0.2, 0.25) is 0 Å². The minimum atomic E-state index is 1.10. The summed E-state index contributed by atoms with van der Waals surface area (Å²) in [6, 6.07) is 79.3. The smallest absolute Gasteiger partial charge is 0.0541 e. The summed E-state index contributed by atoms with van der Waals surface area (Å²) in [4.78, 5) is 2.36. The minimum Gasteiger partial charge on any atom is -0.311 e. The molecule has 0 saturated carbocycles. The number of rotatable bonds is 7. The third kappa shape index (κ3) is 5.80. The van der Waals surface area contributed by atoms with Crippen LogP contribution in [0.4, 0.5) is 17.1 Å². The van der Waals surface area contributed by atoms with E-state index in [1.165, 1.54) is 75.4 Å². The molecule has 11 rings (SSSR count). The molecule has 2 heterocycles. The summed E-state index contributed by atoms with van der Waals surface area (Å²) in [5.74, 6) is 0. The van der Waals surface area contributed by atoms with E-state index in [2.05, 4.69) is 228 Å². The predicted octanol–water partition coefficient (Wildman–Crippen LogP) is 15.6. The Morgan fingerprint density at radius 2 is 0.807 bits per heavy atom. The van der Waals surface area contributed by atoms with Gasteiger partial charge in [-0.1, -0.05) is 146 Å². The molecule has 0 N–H and O–H groups in total. The normalized spacial score (nSPS) is 11.5. The molecule has 11 aromatic rings. The first-order valence-corrected chi connectivity index (χ1v) is 20.2. The van der Waals surface area contributed by atoms with Crippen LogP contribution in [0, 0.1) is 0 Å². The Balaban J connectivity index is 0.979. The molecule has 0 amide bonds. The Labute approximate surface area is 335 Å². The highest BCUT2D eigenvalue weighted by molar-refractivity contribution is 7.25. The largest absolute Gasteiger partial charge is 0.311 e. The molecular weight excluding hydrogens is 709 g/mol. The van der Waals surface area contributed by atoms with Crippen molar-refractivity contribution in [2.75, 3.05) is 4.90 Å². The molecule has 57 heavy (non-hydrogen) atoms. The Morgan fingerprint density at radius 1 is 0.333 bits per heavy atom. The van der Waals surface area contributed by atoms with E-state index < -0.39 is 0 Å². The first-order chi connectivity index (χ1) is 28.3. The van der Waals surface area contributed by atoms with Crippen molar-refractivity contribution < 1.29 is 0 Å². The highest BCUT2D eigenvalue weighted by Crippen LogP contribution is 2.42. The zero-order chi connectivity index (χ0) is 37.7. The van der Waals surface area contributed by atoms with Gasteiger partial charge in [0.15, 0.2) is 0 Å². The van der Waals surface area contributed by atoms with Crippen LogP contribution in [-0.4, -0.2) is 4.57 Å². The number of nitrogens with zero attached hydrogens (tertiary/aromatic N) is 2. The van der Waals surface area contributed by atoms with Gasteiger partial charge in [0.05, 0.1) is 11.0 Å². The van der Waals surface area contributed by atoms with Crippen LogP contribution >= 0.6 is 11.3 Å². The van der Waals surface area contributed by atoms with Gasteiger partial charge in [0, 0.05) is 53.7 Å². The molecule has 0 bridgehead atoms. The van der Waals surface area contributed by atoms with E-state index in [4.69, 9.17) is 0 Å². The van der Waals surface area contributed by atoms with E-state index in [0.717, 1.165) is 22.7 Å². The summed E-state index contributed by atoms with van der Waals surface area (Å²) in [5.41, 5.74) is 14.1. The standard InChI is InChI=1S/C54H36N2S/c1-2-12-37(13-3-1)38-24-30-42(31-25-38)55(44-34-28-40(29-35-44)46-19-11-23-53-54(46)49-18-6-9-22-52(49)57-53)43-32-26-39(27-33-43)41-14-10-15-45(36-41)56-50-20-7-4-16-47(50)48-17-5-8-21-51(48)56/h1-36H. The van der Waals surface area contributed by atoms with Crippen molar-refractivity contribution in [2.24, 2.45) is 0 Å². The second-order valence-corrected chi connectivity index (χ2v) is 15.6. The maximum absolute atomic E-state index is 2.38. The van der Waals surface area contributed by atoms with Crippen LogP contribution in [0.1, 0.15) is 0 Å². The van der Waals surface area contributed by atoms with E-state index in [1.807, 2.05) is 11.3 Å². The number of fused-ring (bicyclic) bond motifs is 6. The topological polar surface area (TPSA) is 8.17 Å². The van der Waals surface area contributed by atoms with Crippen LogP contribution in [-0.2, 0) is 0 Å². The summed E-state index contributed by atoms with van der Waals surface area (Å²) in [7, 11) is 0. The second-order valence-electron chi connectivity index (χ2n) is 14.5. The molecule has 0 fully saturated rings. The van der Waals surface area contributed by atoms with Crippen LogP contribution in [0.3, 0.4) is 0 Å². The van der Waals surface area contributed by atoms with Crippen molar-refractivity contribution in [1.82, 2.24) is 4.57 Å². The van der Waals surface area contributed by atoms with Crippen LogP contribution in [0.5, 0.6) is 0 Å². The summed E-state index contributed by atoms with van der Waals surface area (Å²) in [6.07, 6.45) is 0. The van der Waals surface area contributed by atoms with Crippen LogP contribution < -0.4 is 4.90 Å². The molecule has 0 unspecified atom stereocenters. The number of hydrogen-bond acceptors (Lipinski definition) is 2. The molecule has 0 aliphatic rings. The highest BCUT2D eigenvalue weighted by atomic mass is 32.1. The van der Waals surface area contributed by atoms with Crippen molar-refractivity contribution in [1.29, 1.82) is 0 Å². The zero-order valence-corrected chi connectivity index (χ0v) is 31.9. The average molecular weight is 745 g/mol.